The Morgan fingerprint density at radius 2 is 1.95 bits per heavy atom. The van der Waals surface area contributed by atoms with Crippen LogP contribution in [0.5, 0.6) is 11.5 Å². The fourth-order valence-electron chi connectivity index (χ4n) is 1.90. The number of carbonyl (C=O) groups is 1. The summed E-state index contributed by atoms with van der Waals surface area (Å²) in [5.41, 5.74) is -0.699. The van der Waals surface area contributed by atoms with Gasteiger partial charge in [0.05, 0.1) is 12.7 Å². The van der Waals surface area contributed by atoms with Gasteiger partial charge < -0.3 is 19.9 Å². The lowest BCUT2D eigenvalue weighted by Gasteiger charge is -2.36. The van der Waals surface area contributed by atoms with Crippen molar-refractivity contribution in [3.8, 4) is 11.5 Å². The Bertz CT molecular complexity index is 426. The Morgan fingerprint density at radius 3 is 2.47 bits per heavy atom. The lowest BCUT2D eigenvalue weighted by Crippen LogP contribution is -2.48. The van der Waals surface area contributed by atoms with Crippen molar-refractivity contribution in [3.63, 3.8) is 0 Å². The third-order valence-corrected chi connectivity index (χ3v) is 3.33. The first kappa shape index (κ1) is 13.7. The van der Waals surface area contributed by atoms with Gasteiger partial charge in [-0.1, -0.05) is 0 Å². The molecule has 5 heteroatoms. The van der Waals surface area contributed by atoms with Crippen molar-refractivity contribution < 1.29 is 19.4 Å². The molecule has 1 saturated carbocycles. The highest BCUT2D eigenvalue weighted by Gasteiger charge is 2.34. The van der Waals surface area contributed by atoms with Crippen LogP contribution in [0.1, 0.15) is 19.3 Å². The Kier molecular flexibility index (Phi) is 4.27. The van der Waals surface area contributed by atoms with Gasteiger partial charge in [0.2, 0.25) is 0 Å². The van der Waals surface area contributed by atoms with E-state index in [0.717, 1.165) is 25.0 Å². The fraction of sp³-hybridized carbons (Fsp3) is 0.500. The van der Waals surface area contributed by atoms with E-state index in [-0.39, 0.29) is 12.5 Å². The molecular weight excluding hydrogens is 246 g/mol. The van der Waals surface area contributed by atoms with Gasteiger partial charge in [-0.15, -0.1) is 0 Å². The zero-order valence-electron chi connectivity index (χ0n) is 11.0. The van der Waals surface area contributed by atoms with Gasteiger partial charge in [-0.2, -0.15) is 0 Å². The van der Waals surface area contributed by atoms with Crippen molar-refractivity contribution in [1.29, 1.82) is 0 Å². The first-order chi connectivity index (χ1) is 9.11. The van der Waals surface area contributed by atoms with Crippen LogP contribution in [0.3, 0.4) is 0 Å². The van der Waals surface area contributed by atoms with E-state index in [2.05, 4.69) is 5.32 Å². The summed E-state index contributed by atoms with van der Waals surface area (Å²) < 4.78 is 10.4. The van der Waals surface area contributed by atoms with E-state index in [4.69, 9.17) is 9.47 Å². The first-order valence-corrected chi connectivity index (χ1v) is 6.37. The molecule has 19 heavy (non-hydrogen) atoms. The highest BCUT2D eigenvalue weighted by Crippen LogP contribution is 2.30. The second kappa shape index (κ2) is 5.93. The SMILES string of the molecule is COc1ccc(OCC(=O)NCC2(O)CCC2)cc1. The number of nitrogens with one attached hydrogen (secondary N) is 1. The lowest BCUT2D eigenvalue weighted by atomic mass is 9.80. The Morgan fingerprint density at radius 1 is 1.32 bits per heavy atom. The van der Waals surface area contributed by atoms with Crippen LogP contribution in [0.15, 0.2) is 24.3 Å². The minimum absolute atomic E-state index is 0.0532. The lowest BCUT2D eigenvalue weighted by molar-refractivity contribution is -0.125. The summed E-state index contributed by atoms with van der Waals surface area (Å²) in [6.07, 6.45) is 2.54. The largest absolute Gasteiger partial charge is 0.497 e. The molecule has 0 radical (unpaired) electrons. The van der Waals surface area contributed by atoms with E-state index in [0.29, 0.717) is 12.3 Å². The first-order valence-electron chi connectivity index (χ1n) is 6.37. The van der Waals surface area contributed by atoms with Gasteiger partial charge >= 0.3 is 0 Å². The monoisotopic (exact) mass is 265 g/mol. The van der Waals surface area contributed by atoms with Crippen molar-refractivity contribution in [3.05, 3.63) is 24.3 Å². The molecule has 1 amide bonds. The predicted molar refractivity (Wildman–Crippen MR) is 70.3 cm³/mol. The maximum absolute atomic E-state index is 11.6. The highest BCUT2D eigenvalue weighted by molar-refractivity contribution is 5.77. The van der Waals surface area contributed by atoms with E-state index in [1.54, 1.807) is 31.4 Å². The fourth-order valence-corrected chi connectivity index (χ4v) is 1.90. The van der Waals surface area contributed by atoms with Gasteiger partial charge in [0.15, 0.2) is 6.61 Å². The number of ether oxygens (including phenoxy) is 2. The minimum atomic E-state index is -0.699. The molecule has 2 rings (SSSR count). The van der Waals surface area contributed by atoms with Crippen LogP contribution in [-0.4, -0.2) is 36.9 Å². The number of rotatable bonds is 6. The summed E-state index contributed by atoms with van der Waals surface area (Å²) in [4.78, 5) is 11.6. The van der Waals surface area contributed by atoms with Crippen molar-refractivity contribution in [2.45, 2.75) is 24.9 Å². The van der Waals surface area contributed by atoms with Crippen molar-refractivity contribution in [2.75, 3.05) is 20.3 Å². The predicted octanol–water partition coefficient (Wildman–Crippen LogP) is 1.11. The molecule has 0 bridgehead atoms. The number of hydrogen-bond donors (Lipinski definition) is 2. The molecule has 104 valence electrons. The Balaban J connectivity index is 1.70. The summed E-state index contributed by atoms with van der Waals surface area (Å²) in [6.45, 7) is 0.250. The zero-order valence-corrected chi connectivity index (χ0v) is 11.0. The van der Waals surface area contributed by atoms with E-state index in [1.807, 2.05) is 0 Å². The highest BCUT2D eigenvalue weighted by atomic mass is 16.5. The quantitative estimate of drug-likeness (QED) is 0.808. The van der Waals surface area contributed by atoms with Crippen LogP contribution in [0.25, 0.3) is 0 Å². The number of hydrogen-bond acceptors (Lipinski definition) is 4. The van der Waals surface area contributed by atoms with Crippen LogP contribution in [0.2, 0.25) is 0 Å². The molecule has 0 aromatic heterocycles. The van der Waals surface area contributed by atoms with Crippen LogP contribution >= 0.6 is 0 Å². The average molecular weight is 265 g/mol. The number of carbonyl (C=O) groups excluding carboxylic acids is 1. The molecule has 0 aliphatic heterocycles. The second-order valence-electron chi connectivity index (χ2n) is 4.82. The van der Waals surface area contributed by atoms with Crippen LogP contribution in [-0.2, 0) is 4.79 Å². The average Bonchev–Trinajstić information content (AvgIpc) is 2.41. The number of aliphatic hydroxyl groups is 1. The van der Waals surface area contributed by atoms with Gasteiger partial charge in [-0.05, 0) is 43.5 Å². The van der Waals surface area contributed by atoms with Crippen LogP contribution in [0.4, 0.5) is 0 Å². The summed E-state index contributed by atoms with van der Waals surface area (Å²) in [5, 5.41) is 12.5. The van der Waals surface area contributed by atoms with Gasteiger partial charge in [-0.3, -0.25) is 4.79 Å². The normalized spacial score (nSPS) is 16.3. The van der Waals surface area contributed by atoms with Gasteiger partial charge in [0, 0.05) is 6.54 Å². The standard InChI is InChI=1S/C14H19NO4/c1-18-11-3-5-12(6-4-11)19-9-13(16)15-10-14(17)7-2-8-14/h3-6,17H,2,7-10H2,1H3,(H,15,16). The molecular formula is C14H19NO4. The second-order valence-corrected chi connectivity index (χ2v) is 4.82. The minimum Gasteiger partial charge on any atom is -0.497 e. The smallest absolute Gasteiger partial charge is 0.258 e. The van der Waals surface area contributed by atoms with E-state index in [9.17, 15) is 9.90 Å². The molecule has 2 N–H and O–H groups in total. The van der Waals surface area contributed by atoms with Crippen molar-refractivity contribution in [2.24, 2.45) is 0 Å². The van der Waals surface area contributed by atoms with Gasteiger partial charge in [0.25, 0.3) is 5.91 Å². The van der Waals surface area contributed by atoms with Crippen molar-refractivity contribution in [1.82, 2.24) is 5.32 Å². The molecule has 1 fully saturated rings. The van der Waals surface area contributed by atoms with Gasteiger partial charge in [-0.25, -0.2) is 0 Å². The summed E-state index contributed by atoms with van der Waals surface area (Å²) in [7, 11) is 1.59. The molecule has 1 aliphatic rings. The molecule has 0 saturated heterocycles. The van der Waals surface area contributed by atoms with Crippen LogP contribution < -0.4 is 14.8 Å². The van der Waals surface area contributed by atoms with Crippen LogP contribution in [0, 0.1) is 0 Å². The Labute approximate surface area is 112 Å². The maximum atomic E-state index is 11.6. The Hall–Kier alpha value is -1.75. The molecule has 0 spiro atoms. The van der Waals surface area contributed by atoms with E-state index >= 15 is 0 Å². The van der Waals surface area contributed by atoms with Gasteiger partial charge in [0.1, 0.15) is 11.5 Å². The molecule has 1 aromatic rings. The maximum Gasteiger partial charge on any atom is 0.258 e. The zero-order chi connectivity index (χ0) is 13.7. The molecule has 1 aromatic carbocycles. The number of benzene rings is 1. The van der Waals surface area contributed by atoms with Crippen molar-refractivity contribution >= 4 is 5.91 Å². The molecule has 0 heterocycles. The number of methoxy groups -OCH3 is 1. The van der Waals surface area contributed by atoms with E-state index < -0.39 is 5.60 Å². The third kappa shape index (κ3) is 3.86. The molecule has 1 aliphatic carbocycles. The molecule has 5 nitrogen and oxygen atoms in total. The summed E-state index contributed by atoms with van der Waals surface area (Å²) >= 11 is 0. The summed E-state index contributed by atoms with van der Waals surface area (Å²) in [6, 6.07) is 7.02. The molecule has 0 unspecified atom stereocenters. The molecule has 0 atom stereocenters. The third-order valence-electron chi connectivity index (χ3n) is 3.33. The van der Waals surface area contributed by atoms with E-state index in [1.165, 1.54) is 0 Å². The topological polar surface area (TPSA) is 67.8 Å². The summed E-state index contributed by atoms with van der Waals surface area (Å²) in [5.74, 6) is 1.12. The number of amides is 1.